The van der Waals surface area contributed by atoms with Crippen LogP contribution in [-0.4, -0.2) is 27.4 Å². The summed E-state index contributed by atoms with van der Waals surface area (Å²) in [6.07, 6.45) is -7.37. The number of hydrogen-bond donors (Lipinski definition) is 0. The van der Waals surface area contributed by atoms with Crippen molar-refractivity contribution in [1.82, 2.24) is 0 Å². The summed E-state index contributed by atoms with van der Waals surface area (Å²) in [6.45, 7) is 0.223. The van der Waals surface area contributed by atoms with Crippen LogP contribution in [0.1, 0.15) is 53.0 Å². The van der Waals surface area contributed by atoms with Crippen LogP contribution in [0.25, 0.3) is 0 Å². The molecular formula is C32H31F7O3. The summed E-state index contributed by atoms with van der Waals surface area (Å²) in [4.78, 5) is 0. The van der Waals surface area contributed by atoms with E-state index in [1.54, 1.807) is 18.2 Å². The third-order valence-electron chi connectivity index (χ3n) is 9.00. The molecule has 0 bridgehead atoms. The van der Waals surface area contributed by atoms with Crippen molar-refractivity contribution in [1.29, 1.82) is 0 Å². The lowest BCUT2D eigenvalue weighted by Gasteiger charge is -2.49. The van der Waals surface area contributed by atoms with Gasteiger partial charge in [-0.05, 0) is 85.0 Å². The predicted octanol–water partition coefficient (Wildman–Crippen LogP) is 8.56. The van der Waals surface area contributed by atoms with E-state index in [9.17, 15) is 30.7 Å². The van der Waals surface area contributed by atoms with Crippen molar-refractivity contribution >= 4 is 0 Å². The molecule has 1 saturated heterocycles. The molecule has 2 fully saturated rings. The number of methoxy groups -OCH3 is 2. The first-order valence-electron chi connectivity index (χ1n) is 13.6. The fourth-order valence-electron chi connectivity index (χ4n) is 7.00. The second-order valence-corrected chi connectivity index (χ2v) is 11.3. The molecule has 4 atom stereocenters. The summed E-state index contributed by atoms with van der Waals surface area (Å²) in [5.41, 5.74) is -2.07. The van der Waals surface area contributed by atoms with Crippen LogP contribution in [0.5, 0.6) is 5.75 Å². The van der Waals surface area contributed by atoms with Crippen LogP contribution in [0.4, 0.5) is 30.7 Å². The zero-order chi connectivity index (χ0) is 30.3. The summed E-state index contributed by atoms with van der Waals surface area (Å²) < 4.78 is 113. The molecule has 4 unspecified atom stereocenters. The smallest absolute Gasteiger partial charge is 0.416 e. The minimum Gasteiger partial charge on any atom is -0.496 e. The molecule has 2 aliphatic rings. The number of alkyl halides is 6. The molecule has 5 rings (SSSR count). The first-order valence-corrected chi connectivity index (χ1v) is 13.6. The summed E-state index contributed by atoms with van der Waals surface area (Å²) in [6, 6.07) is 14.5. The number of benzene rings is 3. The number of hydrogen-bond acceptors (Lipinski definition) is 3. The summed E-state index contributed by atoms with van der Waals surface area (Å²) >= 11 is 0. The standard InChI is InChI=1S/C32H31F7O3/c1-40-28-11-8-23(32(37,38)39)16-27(28)30(41-2)17-29(18-42-19-30)13-12-25(21-6-9-24(33)10-7-21)26(29)15-20-4-3-5-22(14-20)31(34,35)36/h3-11,14,16,25-26H,12-13,15,17-19H2,1-2H3. The van der Waals surface area contributed by atoms with Gasteiger partial charge in [0, 0.05) is 18.1 Å². The van der Waals surface area contributed by atoms with Gasteiger partial charge in [0.1, 0.15) is 17.2 Å². The van der Waals surface area contributed by atoms with E-state index in [0.29, 0.717) is 18.4 Å². The first kappa shape index (κ1) is 30.4. The Labute approximate surface area is 239 Å². The van der Waals surface area contributed by atoms with Gasteiger partial charge in [0.15, 0.2) is 0 Å². The molecule has 3 aromatic carbocycles. The van der Waals surface area contributed by atoms with Gasteiger partial charge in [0.05, 0.1) is 31.5 Å². The van der Waals surface area contributed by atoms with E-state index in [1.165, 1.54) is 38.5 Å². The Bertz CT molecular complexity index is 1400. The topological polar surface area (TPSA) is 27.7 Å². The van der Waals surface area contributed by atoms with E-state index >= 15 is 0 Å². The minimum atomic E-state index is -4.60. The van der Waals surface area contributed by atoms with Crippen LogP contribution in [0.2, 0.25) is 0 Å². The zero-order valence-electron chi connectivity index (χ0n) is 23.1. The van der Waals surface area contributed by atoms with E-state index in [4.69, 9.17) is 14.2 Å². The van der Waals surface area contributed by atoms with Crippen LogP contribution in [0, 0.1) is 17.2 Å². The van der Waals surface area contributed by atoms with Crippen LogP contribution in [-0.2, 0) is 33.8 Å². The van der Waals surface area contributed by atoms with E-state index in [2.05, 4.69) is 0 Å². The molecule has 1 aliphatic carbocycles. The molecule has 3 nitrogen and oxygen atoms in total. The quantitative estimate of drug-likeness (QED) is 0.267. The number of ether oxygens (including phenoxy) is 3. The van der Waals surface area contributed by atoms with Gasteiger partial charge in [-0.1, -0.05) is 30.3 Å². The van der Waals surface area contributed by atoms with Crippen molar-refractivity contribution in [2.45, 2.75) is 49.6 Å². The maximum Gasteiger partial charge on any atom is 0.416 e. The molecule has 1 aliphatic heterocycles. The van der Waals surface area contributed by atoms with Crippen molar-refractivity contribution in [2.24, 2.45) is 11.3 Å². The van der Waals surface area contributed by atoms with E-state index in [1.807, 2.05) is 0 Å². The molecule has 42 heavy (non-hydrogen) atoms. The lowest BCUT2D eigenvalue weighted by Crippen LogP contribution is -2.50. The van der Waals surface area contributed by atoms with E-state index in [0.717, 1.165) is 29.8 Å². The molecule has 0 amide bonds. The number of halogens is 7. The average Bonchev–Trinajstić information content (AvgIpc) is 3.28. The van der Waals surface area contributed by atoms with Crippen molar-refractivity contribution in [3.63, 3.8) is 0 Å². The third kappa shape index (κ3) is 5.75. The highest BCUT2D eigenvalue weighted by molar-refractivity contribution is 5.43. The molecule has 1 heterocycles. The lowest BCUT2D eigenvalue weighted by atomic mass is 9.64. The second kappa shape index (κ2) is 11.2. The predicted molar refractivity (Wildman–Crippen MR) is 142 cm³/mol. The molecule has 3 aromatic rings. The maximum atomic E-state index is 13.8. The molecule has 0 radical (unpaired) electrons. The molecule has 0 N–H and O–H groups in total. The normalized spacial score (nSPS) is 26.5. The molecule has 1 spiro atoms. The highest BCUT2D eigenvalue weighted by atomic mass is 19.4. The summed E-state index contributed by atoms with van der Waals surface area (Å²) in [5.74, 6) is -0.622. The Balaban J connectivity index is 1.59. The van der Waals surface area contributed by atoms with Crippen molar-refractivity contribution in [2.75, 3.05) is 27.4 Å². The van der Waals surface area contributed by atoms with Gasteiger partial charge in [-0.2, -0.15) is 26.3 Å². The molecule has 1 saturated carbocycles. The van der Waals surface area contributed by atoms with Gasteiger partial charge in [0.2, 0.25) is 0 Å². The molecule has 226 valence electrons. The van der Waals surface area contributed by atoms with Gasteiger partial charge in [-0.25, -0.2) is 4.39 Å². The van der Waals surface area contributed by atoms with Crippen LogP contribution in [0.3, 0.4) is 0 Å². The monoisotopic (exact) mass is 596 g/mol. The van der Waals surface area contributed by atoms with E-state index < -0.39 is 40.3 Å². The maximum absolute atomic E-state index is 13.8. The largest absolute Gasteiger partial charge is 0.496 e. The van der Waals surface area contributed by atoms with Crippen LogP contribution < -0.4 is 4.74 Å². The molecular weight excluding hydrogens is 565 g/mol. The van der Waals surface area contributed by atoms with Crippen molar-refractivity contribution < 1.29 is 44.9 Å². The Morgan fingerprint density at radius 3 is 2.19 bits per heavy atom. The van der Waals surface area contributed by atoms with Gasteiger partial charge in [-0.3, -0.25) is 0 Å². The van der Waals surface area contributed by atoms with Crippen molar-refractivity contribution in [3.05, 3.63) is 100 Å². The summed E-state index contributed by atoms with van der Waals surface area (Å²) in [7, 11) is 2.78. The second-order valence-electron chi connectivity index (χ2n) is 11.3. The van der Waals surface area contributed by atoms with E-state index in [-0.39, 0.29) is 49.2 Å². The SMILES string of the molecule is COc1ccc(C(F)(F)F)cc1C1(OC)COCC2(CCC(c3ccc(F)cc3)C2Cc2cccc(C(F)(F)F)c2)C1. The van der Waals surface area contributed by atoms with Crippen molar-refractivity contribution in [3.8, 4) is 5.75 Å². The lowest BCUT2D eigenvalue weighted by molar-refractivity contribution is -0.176. The Kier molecular flexibility index (Phi) is 8.08. The average molecular weight is 597 g/mol. The first-order chi connectivity index (χ1) is 19.8. The molecule has 0 aromatic heterocycles. The Hall–Kier alpha value is -3.11. The van der Waals surface area contributed by atoms with Gasteiger partial charge in [0.25, 0.3) is 0 Å². The summed E-state index contributed by atoms with van der Waals surface area (Å²) in [5, 5.41) is 0. The van der Waals surface area contributed by atoms with Crippen LogP contribution in [0.15, 0.2) is 66.7 Å². The fraction of sp³-hybridized carbons (Fsp3) is 0.438. The highest BCUT2D eigenvalue weighted by Gasteiger charge is 2.56. The highest BCUT2D eigenvalue weighted by Crippen LogP contribution is 2.60. The number of rotatable bonds is 6. The molecule has 10 heteroatoms. The zero-order valence-corrected chi connectivity index (χ0v) is 23.1. The third-order valence-corrected chi connectivity index (χ3v) is 9.00. The van der Waals surface area contributed by atoms with Crippen LogP contribution >= 0.6 is 0 Å². The minimum absolute atomic E-state index is 0.0274. The van der Waals surface area contributed by atoms with Gasteiger partial charge in [-0.15, -0.1) is 0 Å². The Morgan fingerprint density at radius 1 is 0.857 bits per heavy atom. The van der Waals surface area contributed by atoms with Gasteiger partial charge < -0.3 is 14.2 Å². The van der Waals surface area contributed by atoms with Gasteiger partial charge >= 0.3 is 12.4 Å². The Morgan fingerprint density at radius 2 is 1.55 bits per heavy atom. The fourth-order valence-corrected chi connectivity index (χ4v) is 7.00.